The van der Waals surface area contributed by atoms with E-state index in [2.05, 4.69) is 0 Å². The van der Waals surface area contributed by atoms with Gasteiger partial charge < -0.3 is 4.90 Å². The second-order valence-corrected chi connectivity index (χ2v) is 5.67. The number of rotatable bonds is 3. The third kappa shape index (κ3) is 2.56. The lowest BCUT2D eigenvalue weighted by molar-refractivity contribution is -0.119. The van der Waals surface area contributed by atoms with Gasteiger partial charge in [-0.25, -0.2) is 0 Å². The van der Waals surface area contributed by atoms with Crippen molar-refractivity contribution in [2.24, 2.45) is 5.92 Å². The van der Waals surface area contributed by atoms with Crippen molar-refractivity contribution < 1.29 is 4.79 Å². The molecule has 1 saturated carbocycles. The van der Waals surface area contributed by atoms with E-state index in [0.717, 1.165) is 22.7 Å². The van der Waals surface area contributed by atoms with Crippen LogP contribution in [0.25, 0.3) is 0 Å². The monoisotopic (exact) mass is 285 g/mol. The summed E-state index contributed by atoms with van der Waals surface area (Å²) in [7, 11) is 1.84. The van der Waals surface area contributed by atoms with Gasteiger partial charge >= 0.3 is 0 Å². The van der Waals surface area contributed by atoms with Gasteiger partial charge in [-0.1, -0.05) is 41.9 Å². The first-order valence-electron chi connectivity index (χ1n) is 6.75. The molecule has 3 heteroatoms. The number of anilines is 1. The van der Waals surface area contributed by atoms with Crippen LogP contribution in [0.1, 0.15) is 17.9 Å². The first kappa shape index (κ1) is 13.2. The minimum absolute atomic E-state index is 0.0821. The lowest BCUT2D eigenvalue weighted by Gasteiger charge is -2.17. The molecule has 1 aliphatic carbocycles. The normalized spacial score (nSPS) is 20.5. The van der Waals surface area contributed by atoms with Crippen LogP contribution in [0.4, 0.5) is 5.69 Å². The van der Waals surface area contributed by atoms with Crippen LogP contribution in [0.5, 0.6) is 0 Å². The Balaban J connectivity index is 1.71. The molecule has 0 N–H and O–H groups in total. The van der Waals surface area contributed by atoms with Crippen LogP contribution in [0.3, 0.4) is 0 Å². The predicted molar refractivity (Wildman–Crippen MR) is 82.2 cm³/mol. The van der Waals surface area contributed by atoms with Gasteiger partial charge in [-0.05, 0) is 42.2 Å². The van der Waals surface area contributed by atoms with Crippen molar-refractivity contribution in [3.8, 4) is 0 Å². The quantitative estimate of drug-likeness (QED) is 0.831. The minimum atomic E-state index is 0.0821. The first-order valence-corrected chi connectivity index (χ1v) is 7.12. The number of nitrogens with zero attached hydrogens (tertiary/aromatic N) is 1. The molecule has 2 atom stereocenters. The second-order valence-electron chi connectivity index (χ2n) is 5.24. The van der Waals surface area contributed by atoms with E-state index in [-0.39, 0.29) is 11.8 Å². The average molecular weight is 286 g/mol. The van der Waals surface area contributed by atoms with E-state index in [9.17, 15) is 4.79 Å². The number of para-hydroxylation sites is 1. The highest BCUT2D eigenvalue weighted by Crippen LogP contribution is 2.49. The van der Waals surface area contributed by atoms with E-state index in [4.69, 9.17) is 11.6 Å². The first-order chi connectivity index (χ1) is 9.66. The van der Waals surface area contributed by atoms with Gasteiger partial charge in [0, 0.05) is 23.7 Å². The Morgan fingerprint density at radius 2 is 1.90 bits per heavy atom. The Labute approximate surface area is 124 Å². The van der Waals surface area contributed by atoms with Crippen LogP contribution < -0.4 is 4.90 Å². The maximum absolute atomic E-state index is 12.5. The maximum atomic E-state index is 12.5. The summed E-state index contributed by atoms with van der Waals surface area (Å²) in [6.07, 6.45) is 0.913. The van der Waals surface area contributed by atoms with E-state index in [1.807, 2.05) is 61.6 Å². The summed E-state index contributed by atoms with van der Waals surface area (Å²) in [4.78, 5) is 14.2. The Kier molecular flexibility index (Phi) is 3.49. The number of halogens is 1. The topological polar surface area (TPSA) is 20.3 Å². The van der Waals surface area contributed by atoms with E-state index < -0.39 is 0 Å². The second kappa shape index (κ2) is 5.29. The number of hydrogen-bond donors (Lipinski definition) is 0. The Morgan fingerprint density at radius 3 is 2.60 bits per heavy atom. The smallest absolute Gasteiger partial charge is 0.230 e. The summed E-state index contributed by atoms with van der Waals surface area (Å²) < 4.78 is 0. The molecule has 0 aliphatic heterocycles. The van der Waals surface area contributed by atoms with Crippen molar-refractivity contribution >= 4 is 23.2 Å². The highest BCUT2D eigenvalue weighted by Gasteiger charge is 2.45. The molecular formula is C17H16ClNO. The van der Waals surface area contributed by atoms with Gasteiger partial charge in [0.1, 0.15) is 0 Å². The molecular weight excluding hydrogens is 270 g/mol. The van der Waals surface area contributed by atoms with Gasteiger partial charge in [0.2, 0.25) is 5.91 Å². The number of amides is 1. The van der Waals surface area contributed by atoms with Crippen molar-refractivity contribution in [3.63, 3.8) is 0 Å². The highest BCUT2D eigenvalue weighted by molar-refractivity contribution is 6.30. The van der Waals surface area contributed by atoms with E-state index >= 15 is 0 Å². The molecule has 2 aromatic rings. The molecule has 2 aromatic carbocycles. The SMILES string of the molecule is CN(C(=O)[C@@H]1C[C@H]1c1cccc(Cl)c1)c1ccccc1. The molecule has 1 fully saturated rings. The van der Waals surface area contributed by atoms with Crippen molar-refractivity contribution in [2.75, 3.05) is 11.9 Å². The molecule has 1 amide bonds. The van der Waals surface area contributed by atoms with Crippen LogP contribution >= 0.6 is 11.6 Å². The van der Waals surface area contributed by atoms with Gasteiger partial charge in [-0.3, -0.25) is 4.79 Å². The molecule has 0 bridgehead atoms. The zero-order valence-electron chi connectivity index (χ0n) is 11.3. The standard InChI is InChI=1S/C17H16ClNO/c1-19(14-8-3-2-4-9-14)17(20)16-11-15(16)12-6-5-7-13(18)10-12/h2-10,15-16H,11H2,1H3/t15-,16+/m0/s1. The van der Waals surface area contributed by atoms with E-state index in [1.54, 1.807) is 4.90 Å². The van der Waals surface area contributed by atoms with Crippen LogP contribution in [-0.2, 0) is 4.79 Å². The molecule has 0 aromatic heterocycles. The summed E-state index contributed by atoms with van der Waals surface area (Å²) >= 11 is 6.01. The number of benzene rings is 2. The molecule has 102 valence electrons. The largest absolute Gasteiger partial charge is 0.315 e. The fourth-order valence-electron chi connectivity index (χ4n) is 2.60. The van der Waals surface area contributed by atoms with E-state index in [1.165, 1.54) is 0 Å². The Hall–Kier alpha value is -1.80. The summed E-state index contributed by atoms with van der Waals surface area (Å²) in [6.45, 7) is 0. The zero-order valence-corrected chi connectivity index (χ0v) is 12.0. The highest BCUT2D eigenvalue weighted by atomic mass is 35.5. The lowest BCUT2D eigenvalue weighted by atomic mass is 10.1. The molecule has 0 saturated heterocycles. The van der Waals surface area contributed by atoms with Crippen LogP contribution in [0, 0.1) is 5.92 Å². The van der Waals surface area contributed by atoms with Crippen LogP contribution in [0.15, 0.2) is 54.6 Å². The van der Waals surface area contributed by atoms with Gasteiger partial charge in [0.05, 0.1) is 0 Å². The number of carbonyl (C=O) groups excluding carboxylic acids is 1. The zero-order chi connectivity index (χ0) is 14.1. The fourth-order valence-corrected chi connectivity index (χ4v) is 2.80. The summed E-state index contributed by atoms with van der Waals surface area (Å²) in [6, 6.07) is 17.6. The Bertz CT molecular complexity index is 626. The molecule has 3 rings (SSSR count). The maximum Gasteiger partial charge on any atom is 0.230 e. The third-order valence-corrected chi connectivity index (χ3v) is 4.09. The number of carbonyl (C=O) groups is 1. The van der Waals surface area contributed by atoms with Crippen molar-refractivity contribution in [1.29, 1.82) is 0 Å². The molecule has 0 spiro atoms. The van der Waals surface area contributed by atoms with Gasteiger partial charge in [-0.2, -0.15) is 0 Å². The molecule has 0 heterocycles. The van der Waals surface area contributed by atoms with Gasteiger partial charge in [0.25, 0.3) is 0 Å². The fraction of sp³-hybridized carbons (Fsp3) is 0.235. The minimum Gasteiger partial charge on any atom is -0.315 e. The molecule has 1 aliphatic rings. The molecule has 20 heavy (non-hydrogen) atoms. The summed E-state index contributed by atoms with van der Waals surface area (Å²) in [5, 5.41) is 0.733. The summed E-state index contributed by atoms with van der Waals surface area (Å²) in [5.41, 5.74) is 2.10. The third-order valence-electron chi connectivity index (χ3n) is 3.86. The summed E-state index contributed by atoms with van der Waals surface area (Å²) in [5.74, 6) is 0.576. The average Bonchev–Trinajstić information content (AvgIpc) is 3.27. The van der Waals surface area contributed by atoms with Crippen molar-refractivity contribution in [1.82, 2.24) is 0 Å². The van der Waals surface area contributed by atoms with Crippen LogP contribution in [-0.4, -0.2) is 13.0 Å². The Morgan fingerprint density at radius 1 is 1.15 bits per heavy atom. The number of hydrogen-bond acceptors (Lipinski definition) is 1. The van der Waals surface area contributed by atoms with Crippen molar-refractivity contribution in [2.45, 2.75) is 12.3 Å². The predicted octanol–water partition coefficient (Wildman–Crippen LogP) is 4.11. The van der Waals surface area contributed by atoms with Gasteiger partial charge in [-0.15, -0.1) is 0 Å². The molecule has 0 unspecified atom stereocenters. The molecule has 0 radical (unpaired) electrons. The van der Waals surface area contributed by atoms with Crippen molar-refractivity contribution in [3.05, 3.63) is 65.2 Å². The van der Waals surface area contributed by atoms with Crippen LogP contribution in [0.2, 0.25) is 5.02 Å². The lowest BCUT2D eigenvalue weighted by Crippen LogP contribution is -2.28. The van der Waals surface area contributed by atoms with E-state index in [0.29, 0.717) is 5.92 Å². The molecule has 2 nitrogen and oxygen atoms in total. The van der Waals surface area contributed by atoms with Gasteiger partial charge in [0.15, 0.2) is 0 Å².